The molecule has 0 spiro atoms. The number of nitrogens with one attached hydrogen (secondary N) is 1. The molecule has 8 nitrogen and oxygen atoms in total. The lowest BCUT2D eigenvalue weighted by molar-refractivity contribution is 0.0116. The highest BCUT2D eigenvalue weighted by Crippen LogP contribution is 2.30. The molecule has 4 rings (SSSR count). The monoisotopic (exact) mass is 528 g/mol. The lowest BCUT2D eigenvalue weighted by Gasteiger charge is -2.39. The van der Waals surface area contributed by atoms with Gasteiger partial charge in [0.15, 0.2) is 0 Å². The van der Waals surface area contributed by atoms with E-state index in [1.54, 1.807) is 17.3 Å². The Balaban J connectivity index is 0.000000211. The number of nitrogens with zero attached hydrogens (tertiary/aromatic N) is 3. The van der Waals surface area contributed by atoms with E-state index in [2.05, 4.69) is 16.4 Å². The highest BCUT2D eigenvalue weighted by molar-refractivity contribution is 5.75. The summed E-state index contributed by atoms with van der Waals surface area (Å²) >= 11 is 0. The second kappa shape index (κ2) is 13.5. The molecule has 0 saturated carbocycles. The van der Waals surface area contributed by atoms with Crippen LogP contribution in [0, 0.1) is 11.8 Å². The zero-order valence-electron chi connectivity index (χ0n) is 24.3. The third kappa shape index (κ3) is 9.93. The van der Waals surface area contributed by atoms with Gasteiger partial charge in [0.1, 0.15) is 11.2 Å². The van der Waals surface area contributed by atoms with Crippen LogP contribution in [0.1, 0.15) is 79.2 Å². The smallest absolute Gasteiger partial charge is 0.410 e. The summed E-state index contributed by atoms with van der Waals surface area (Å²) in [6, 6.07) is 3.93. The van der Waals surface area contributed by atoms with E-state index < -0.39 is 11.2 Å². The van der Waals surface area contributed by atoms with Crippen molar-refractivity contribution in [2.75, 3.05) is 39.3 Å². The van der Waals surface area contributed by atoms with Crippen LogP contribution in [-0.4, -0.2) is 77.4 Å². The molecule has 212 valence electrons. The average Bonchev–Trinajstić information content (AvgIpc) is 2.88. The summed E-state index contributed by atoms with van der Waals surface area (Å²) in [5, 5.41) is 3.41. The Morgan fingerprint density at radius 1 is 0.868 bits per heavy atom. The Morgan fingerprint density at radius 2 is 1.47 bits per heavy atom. The number of ether oxygens (including phenoxy) is 2. The Labute approximate surface area is 229 Å². The third-order valence-electron chi connectivity index (χ3n) is 7.01. The average molecular weight is 529 g/mol. The SMILES string of the molecule is CC(C)(C)OC(=O)N1CCC=C(c2ccncc2)C1.CC(C)(C)OC(=O)N1CCCC(C2CCNCC2)C1. The predicted molar refractivity (Wildman–Crippen MR) is 151 cm³/mol. The first-order valence-electron chi connectivity index (χ1n) is 14.2. The molecule has 2 saturated heterocycles. The van der Waals surface area contributed by atoms with Gasteiger partial charge in [-0.05, 0) is 122 Å². The molecule has 0 aromatic carbocycles. The van der Waals surface area contributed by atoms with Crippen LogP contribution in [0.4, 0.5) is 9.59 Å². The summed E-state index contributed by atoms with van der Waals surface area (Å²) in [5.41, 5.74) is 1.43. The topological polar surface area (TPSA) is 84.0 Å². The van der Waals surface area contributed by atoms with Crippen molar-refractivity contribution in [2.45, 2.75) is 84.8 Å². The molecule has 8 heteroatoms. The number of likely N-dealkylation sites (tertiary alicyclic amines) is 1. The lowest BCUT2D eigenvalue weighted by atomic mass is 9.80. The Morgan fingerprint density at radius 3 is 2.08 bits per heavy atom. The van der Waals surface area contributed by atoms with Crippen LogP contribution in [0.2, 0.25) is 0 Å². The van der Waals surface area contributed by atoms with Crippen molar-refractivity contribution in [3.63, 3.8) is 0 Å². The van der Waals surface area contributed by atoms with Gasteiger partial charge in [-0.1, -0.05) is 6.08 Å². The number of hydrogen-bond acceptors (Lipinski definition) is 6. The maximum absolute atomic E-state index is 12.1. The molecule has 3 aliphatic rings. The van der Waals surface area contributed by atoms with E-state index in [0.717, 1.165) is 56.1 Å². The second-order valence-electron chi connectivity index (χ2n) is 12.6. The summed E-state index contributed by atoms with van der Waals surface area (Å²) in [6.45, 7) is 16.8. The van der Waals surface area contributed by atoms with Crippen LogP contribution in [0.15, 0.2) is 30.6 Å². The fraction of sp³-hybridized carbons (Fsp3) is 0.700. The summed E-state index contributed by atoms with van der Waals surface area (Å²) in [7, 11) is 0. The van der Waals surface area contributed by atoms with E-state index in [-0.39, 0.29) is 12.2 Å². The molecule has 1 N–H and O–H groups in total. The minimum Gasteiger partial charge on any atom is -0.444 e. The maximum atomic E-state index is 12.1. The quantitative estimate of drug-likeness (QED) is 0.527. The van der Waals surface area contributed by atoms with Crippen LogP contribution in [-0.2, 0) is 9.47 Å². The molecule has 4 heterocycles. The van der Waals surface area contributed by atoms with Gasteiger partial charge in [-0.15, -0.1) is 0 Å². The van der Waals surface area contributed by atoms with Gasteiger partial charge in [0.25, 0.3) is 0 Å². The molecule has 3 aliphatic heterocycles. The van der Waals surface area contributed by atoms with Crippen LogP contribution < -0.4 is 5.32 Å². The molecule has 1 unspecified atom stereocenters. The first-order valence-corrected chi connectivity index (χ1v) is 14.2. The number of piperidine rings is 2. The molecule has 2 fully saturated rings. The van der Waals surface area contributed by atoms with E-state index in [4.69, 9.17) is 9.47 Å². The molecule has 0 radical (unpaired) electrons. The molecule has 1 aromatic heterocycles. The van der Waals surface area contributed by atoms with E-state index in [9.17, 15) is 9.59 Å². The number of aromatic nitrogens is 1. The van der Waals surface area contributed by atoms with Crippen LogP contribution in [0.3, 0.4) is 0 Å². The van der Waals surface area contributed by atoms with Gasteiger partial charge in [0.2, 0.25) is 0 Å². The van der Waals surface area contributed by atoms with Crippen molar-refractivity contribution >= 4 is 17.8 Å². The van der Waals surface area contributed by atoms with Crippen molar-refractivity contribution in [1.82, 2.24) is 20.1 Å². The van der Waals surface area contributed by atoms with E-state index in [1.807, 2.05) is 58.6 Å². The first kappa shape index (κ1) is 29.9. The maximum Gasteiger partial charge on any atom is 0.410 e. The highest BCUT2D eigenvalue weighted by Gasteiger charge is 2.32. The summed E-state index contributed by atoms with van der Waals surface area (Å²) in [4.78, 5) is 31.9. The predicted octanol–water partition coefficient (Wildman–Crippen LogP) is 5.74. The van der Waals surface area contributed by atoms with Gasteiger partial charge in [0.05, 0.1) is 0 Å². The highest BCUT2D eigenvalue weighted by atomic mass is 16.6. The molecule has 2 amide bonds. The largest absolute Gasteiger partial charge is 0.444 e. The molecule has 38 heavy (non-hydrogen) atoms. The van der Waals surface area contributed by atoms with Crippen LogP contribution >= 0.6 is 0 Å². The van der Waals surface area contributed by atoms with Gasteiger partial charge in [0, 0.05) is 38.6 Å². The molecule has 1 aromatic rings. The summed E-state index contributed by atoms with van der Waals surface area (Å²) in [5.74, 6) is 1.45. The number of rotatable bonds is 2. The normalized spacial score (nSPS) is 21.1. The Kier molecular flexibility index (Phi) is 10.6. The van der Waals surface area contributed by atoms with E-state index in [1.165, 1.54) is 19.3 Å². The molecular weight excluding hydrogens is 480 g/mol. The van der Waals surface area contributed by atoms with Crippen LogP contribution in [0.25, 0.3) is 5.57 Å². The Bertz CT molecular complexity index is 930. The van der Waals surface area contributed by atoms with E-state index in [0.29, 0.717) is 19.0 Å². The molecular formula is C30H48N4O4. The van der Waals surface area contributed by atoms with E-state index >= 15 is 0 Å². The number of hydrogen-bond donors (Lipinski definition) is 1. The first-order chi connectivity index (χ1) is 17.9. The van der Waals surface area contributed by atoms with Gasteiger partial charge in [-0.25, -0.2) is 9.59 Å². The summed E-state index contributed by atoms with van der Waals surface area (Å²) < 4.78 is 10.9. The third-order valence-corrected chi connectivity index (χ3v) is 7.01. The van der Waals surface area contributed by atoms with Gasteiger partial charge in [-0.2, -0.15) is 0 Å². The number of carbonyl (C=O) groups excluding carboxylic acids is 2. The summed E-state index contributed by atoms with van der Waals surface area (Å²) in [6.07, 6.45) is 11.1. The van der Waals surface area contributed by atoms with Crippen molar-refractivity contribution in [2.24, 2.45) is 11.8 Å². The minimum atomic E-state index is -0.449. The molecule has 0 aliphatic carbocycles. The fourth-order valence-corrected chi connectivity index (χ4v) is 5.20. The van der Waals surface area contributed by atoms with Crippen LogP contribution in [0.5, 0.6) is 0 Å². The van der Waals surface area contributed by atoms with Crippen molar-refractivity contribution in [3.05, 3.63) is 36.2 Å². The minimum absolute atomic E-state index is 0.133. The fourth-order valence-electron chi connectivity index (χ4n) is 5.20. The second-order valence-corrected chi connectivity index (χ2v) is 12.6. The number of pyridine rings is 1. The lowest BCUT2D eigenvalue weighted by Crippen LogP contribution is -2.45. The number of carbonyl (C=O) groups is 2. The number of amides is 2. The van der Waals surface area contributed by atoms with Crippen molar-refractivity contribution < 1.29 is 19.1 Å². The van der Waals surface area contributed by atoms with Crippen molar-refractivity contribution in [3.8, 4) is 0 Å². The standard InChI is InChI=1S/C15H28N2O2.C15H20N2O2/c2*1-15(2,3)19-14(18)17-10-4-5-13(11-17)12-6-8-16-9-7-12/h12-13,16H,4-11H2,1-3H3;5-9H,4,10-11H2,1-3H3. The van der Waals surface area contributed by atoms with Gasteiger partial charge < -0.3 is 24.6 Å². The van der Waals surface area contributed by atoms with Gasteiger partial charge >= 0.3 is 12.2 Å². The zero-order valence-corrected chi connectivity index (χ0v) is 24.3. The van der Waals surface area contributed by atoms with Crippen molar-refractivity contribution in [1.29, 1.82) is 0 Å². The van der Waals surface area contributed by atoms with Gasteiger partial charge in [-0.3, -0.25) is 4.98 Å². The molecule has 0 bridgehead atoms. The Hall–Kier alpha value is -2.61. The molecule has 1 atom stereocenters. The zero-order chi connectivity index (χ0) is 27.8.